The molecule has 0 fully saturated rings. The van der Waals surface area contributed by atoms with Crippen LogP contribution in [0.4, 0.5) is 0 Å². The summed E-state index contributed by atoms with van der Waals surface area (Å²) in [5.41, 5.74) is 2.60. The third-order valence-electron chi connectivity index (χ3n) is 4.61. The number of Topliss-reactive ketones (excluding diaryl/α,β-unsaturated/α-hetero) is 1. The summed E-state index contributed by atoms with van der Waals surface area (Å²) in [4.78, 5) is 25.6. The highest BCUT2D eigenvalue weighted by Crippen LogP contribution is 2.47. The lowest BCUT2D eigenvalue weighted by Crippen LogP contribution is -2.38. The smallest absolute Gasteiger partial charge is 0.336 e. The Bertz CT molecular complexity index is 800. The molecule has 25 heavy (non-hydrogen) atoms. The number of furan rings is 1. The van der Waals surface area contributed by atoms with Gasteiger partial charge in [0.25, 0.3) is 0 Å². The number of nitrogens with one attached hydrogen (secondary N) is 1. The van der Waals surface area contributed by atoms with Crippen molar-refractivity contribution in [1.82, 2.24) is 5.32 Å². The van der Waals surface area contributed by atoms with Gasteiger partial charge in [-0.1, -0.05) is 13.8 Å². The molecule has 1 aromatic heterocycles. The number of esters is 1. The monoisotopic (exact) mass is 455 g/mol. The third-order valence-corrected chi connectivity index (χ3v) is 5.19. The van der Waals surface area contributed by atoms with Gasteiger partial charge in [-0.25, -0.2) is 4.79 Å². The van der Waals surface area contributed by atoms with Gasteiger partial charge in [0.05, 0.1) is 18.1 Å². The Balaban J connectivity index is 2.15. The van der Waals surface area contributed by atoms with Gasteiger partial charge in [-0.15, -0.1) is 0 Å². The summed E-state index contributed by atoms with van der Waals surface area (Å²) in [6.07, 6.45) is 1.22. The summed E-state index contributed by atoms with van der Waals surface area (Å²) in [6, 6.07) is 3.68. The Morgan fingerprint density at radius 1 is 1.40 bits per heavy atom. The second-order valence-electron chi connectivity index (χ2n) is 7.29. The Morgan fingerprint density at radius 3 is 2.72 bits per heavy atom. The van der Waals surface area contributed by atoms with Crippen LogP contribution >= 0.6 is 22.6 Å². The largest absolute Gasteiger partial charge is 0.463 e. The normalized spacial score (nSPS) is 22.6. The molecule has 2 heterocycles. The van der Waals surface area contributed by atoms with E-state index >= 15 is 0 Å². The van der Waals surface area contributed by atoms with E-state index < -0.39 is 11.9 Å². The number of hydrogen-bond acceptors (Lipinski definition) is 5. The minimum atomic E-state index is -0.512. The molecule has 1 unspecified atom stereocenters. The number of carbonyl (C=O) groups excluding carboxylic acids is 2. The van der Waals surface area contributed by atoms with Gasteiger partial charge in [-0.3, -0.25) is 4.79 Å². The molecular formula is C19H22INO4. The number of carbonyl (C=O) groups is 2. The van der Waals surface area contributed by atoms with E-state index in [-0.39, 0.29) is 17.8 Å². The van der Waals surface area contributed by atoms with Gasteiger partial charge in [-0.2, -0.15) is 0 Å². The maximum Gasteiger partial charge on any atom is 0.336 e. The van der Waals surface area contributed by atoms with Crippen LogP contribution in [-0.4, -0.2) is 18.4 Å². The Kier molecular flexibility index (Phi) is 4.83. The number of rotatable bonds is 3. The van der Waals surface area contributed by atoms with E-state index in [2.05, 4.69) is 41.8 Å². The van der Waals surface area contributed by atoms with Gasteiger partial charge in [-0.05, 0) is 60.4 Å². The molecule has 3 rings (SSSR count). The van der Waals surface area contributed by atoms with Crippen LogP contribution in [0.2, 0.25) is 0 Å². The number of halogens is 1. The topological polar surface area (TPSA) is 68.5 Å². The fourth-order valence-electron chi connectivity index (χ4n) is 3.68. The molecule has 2 aliphatic rings. The summed E-state index contributed by atoms with van der Waals surface area (Å²) in [5.74, 6) is -0.256. The van der Waals surface area contributed by atoms with Crippen molar-refractivity contribution in [2.45, 2.75) is 46.5 Å². The van der Waals surface area contributed by atoms with Gasteiger partial charge >= 0.3 is 5.97 Å². The maximum absolute atomic E-state index is 13.0. The van der Waals surface area contributed by atoms with Gasteiger partial charge in [0.2, 0.25) is 0 Å². The Labute approximate surface area is 161 Å². The molecule has 0 spiro atoms. The van der Waals surface area contributed by atoms with Crippen LogP contribution in [0.3, 0.4) is 0 Å². The zero-order chi connectivity index (χ0) is 18.4. The number of ether oxygens (including phenoxy) is 1. The highest BCUT2D eigenvalue weighted by atomic mass is 127. The summed E-state index contributed by atoms with van der Waals surface area (Å²) in [6.45, 7) is 8.07. The van der Waals surface area contributed by atoms with Crippen molar-refractivity contribution in [3.05, 3.63) is 44.2 Å². The molecule has 0 saturated heterocycles. The molecular weight excluding hydrogens is 433 g/mol. The molecule has 0 amide bonds. The number of dihydropyridines is 1. The summed E-state index contributed by atoms with van der Waals surface area (Å²) in [7, 11) is 0. The zero-order valence-corrected chi connectivity index (χ0v) is 17.0. The van der Waals surface area contributed by atoms with Crippen molar-refractivity contribution in [1.29, 1.82) is 0 Å². The molecule has 1 aliphatic heterocycles. The van der Waals surface area contributed by atoms with E-state index in [4.69, 9.17) is 9.15 Å². The highest BCUT2D eigenvalue weighted by molar-refractivity contribution is 14.1. The van der Waals surface area contributed by atoms with Crippen LogP contribution in [0, 0.1) is 9.18 Å². The van der Waals surface area contributed by atoms with E-state index in [0.717, 1.165) is 21.6 Å². The molecule has 5 nitrogen and oxygen atoms in total. The first kappa shape index (κ1) is 18.2. The summed E-state index contributed by atoms with van der Waals surface area (Å²) < 4.78 is 11.8. The average molecular weight is 455 g/mol. The minimum absolute atomic E-state index is 0.0597. The lowest BCUT2D eigenvalue weighted by molar-refractivity contribution is -0.138. The third kappa shape index (κ3) is 3.41. The van der Waals surface area contributed by atoms with Crippen molar-refractivity contribution < 1.29 is 18.7 Å². The molecule has 1 aromatic rings. The first-order chi connectivity index (χ1) is 11.7. The average Bonchev–Trinajstić information content (AvgIpc) is 2.90. The fourth-order valence-corrected chi connectivity index (χ4v) is 4.12. The molecule has 0 aromatic carbocycles. The number of hydrogen-bond donors (Lipinski definition) is 1. The number of allylic oxidation sites excluding steroid dienone is 3. The quantitative estimate of drug-likeness (QED) is 0.550. The van der Waals surface area contributed by atoms with Gasteiger partial charge < -0.3 is 14.5 Å². The van der Waals surface area contributed by atoms with E-state index in [0.29, 0.717) is 23.3 Å². The molecule has 0 radical (unpaired) electrons. The SMILES string of the molecule is CCOC(=O)C1=C(C)NC2=C(C(=O)CC(C)(C)C2)C1c1ccc(I)o1. The van der Waals surface area contributed by atoms with Crippen LogP contribution in [0.5, 0.6) is 0 Å². The van der Waals surface area contributed by atoms with Crippen LogP contribution < -0.4 is 5.32 Å². The predicted molar refractivity (Wildman–Crippen MR) is 102 cm³/mol. The first-order valence-corrected chi connectivity index (χ1v) is 9.48. The second-order valence-corrected chi connectivity index (χ2v) is 8.36. The van der Waals surface area contributed by atoms with Crippen molar-refractivity contribution in [2.75, 3.05) is 6.61 Å². The molecule has 1 atom stereocenters. The van der Waals surface area contributed by atoms with Crippen molar-refractivity contribution >= 4 is 34.3 Å². The van der Waals surface area contributed by atoms with Crippen molar-refractivity contribution in [3.8, 4) is 0 Å². The standard InChI is InChI=1S/C19H22INO4/c1-5-24-18(23)15-10(2)21-11-8-19(3,4)9-12(22)16(11)17(15)13-6-7-14(20)25-13/h6-7,17,21H,5,8-9H2,1-4H3. The van der Waals surface area contributed by atoms with Crippen LogP contribution in [0.25, 0.3) is 0 Å². The zero-order valence-electron chi connectivity index (χ0n) is 14.9. The fraction of sp³-hybridized carbons (Fsp3) is 0.474. The summed E-state index contributed by atoms with van der Waals surface area (Å²) >= 11 is 2.09. The molecule has 0 saturated carbocycles. The lowest BCUT2D eigenvalue weighted by Gasteiger charge is -2.38. The Hall–Kier alpha value is -1.57. The van der Waals surface area contributed by atoms with E-state index in [1.807, 2.05) is 19.1 Å². The molecule has 1 N–H and O–H groups in total. The van der Waals surface area contributed by atoms with E-state index in [1.54, 1.807) is 6.92 Å². The molecule has 134 valence electrons. The van der Waals surface area contributed by atoms with Crippen LogP contribution in [0.15, 0.2) is 39.1 Å². The van der Waals surface area contributed by atoms with E-state index in [1.165, 1.54) is 0 Å². The second kappa shape index (κ2) is 6.63. The van der Waals surface area contributed by atoms with Gasteiger partial charge in [0, 0.05) is 23.4 Å². The molecule has 0 bridgehead atoms. The minimum Gasteiger partial charge on any atom is -0.463 e. The Morgan fingerprint density at radius 2 is 2.12 bits per heavy atom. The molecule has 6 heteroatoms. The maximum atomic E-state index is 13.0. The summed E-state index contributed by atoms with van der Waals surface area (Å²) in [5, 5.41) is 3.29. The van der Waals surface area contributed by atoms with Crippen LogP contribution in [0.1, 0.15) is 52.2 Å². The van der Waals surface area contributed by atoms with Crippen molar-refractivity contribution in [3.63, 3.8) is 0 Å². The van der Waals surface area contributed by atoms with Gasteiger partial charge in [0.15, 0.2) is 9.55 Å². The first-order valence-electron chi connectivity index (χ1n) is 8.40. The van der Waals surface area contributed by atoms with Crippen molar-refractivity contribution in [2.24, 2.45) is 5.41 Å². The molecule has 1 aliphatic carbocycles. The van der Waals surface area contributed by atoms with Crippen LogP contribution in [-0.2, 0) is 14.3 Å². The highest BCUT2D eigenvalue weighted by Gasteiger charge is 2.44. The predicted octanol–water partition coefficient (Wildman–Crippen LogP) is 4.05. The lowest BCUT2D eigenvalue weighted by atomic mass is 9.69. The number of ketones is 1. The van der Waals surface area contributed by atoms with Gasteiger partial charge in [0.1, 0.15) is 5.76 Å². The van der Waals surface area contributed by atoms with E-state index in [9.17, 15) is 9.59 Å².